The quantitative estimate of drug-likeness (QED) is 0.546. The van der Waals surface area contributed by atoms with Crippen molar-refractivity contribution in [2.24, 2.45) is 0 Å². The van der Waals surface area contributed by atoms with E-state index in [4.69, 9.17) is 9.72 Å². The molecule has 2 aromatic carbocycles. The molecule has 1 saturated heterocycles. The van der Waals surface area contributed by atoms with Crippen LogP contribution in [-0.4, -0.2) is 60.5 Å². The van der Waals surface area contributed by atoms with Crippen LogP contribution in [0.15, 0.2) is 41.3 Å². The van der Waals surface area contributed by atoms with Gasteiger partial charge in [0.25, 0.3) is 0 Å². The number of aromatic nitrogens is 2. The van der Waals surface area contributed by atoms with Crippen LogP contribution in [0.2, 0.25) is 0 Å². The predicted octanol–water partition coefficient (Wildman–Crippen LogP) is 3.33. The fourth-order valence-electron chi connectivity index (χ4n) is 4.34. The van der Waals surface area contributed by atoms with E-state index < -0.39 is 10.0 Å². The van der Waals surface area contributed by atoms with E-state index in [9.17, 15) is 8.42 Å². The highest BCUT2D eigenvalue weighted by atomic mass is 32.2. The fourth-order valence-corrected chi connectivity index (χ4v) is 5.77. The Morgan fingerprint density at radius 1 is 1.06 bits per heavy atom. The topological polar surface area (TPSA) is 67.7 Å². The van der Waals surface area contributed by atoms with Crippen molar-refractivity contribution in [3.63, 3.8) is 0 Å². The summed E-state index contributed by atoms with van der Waals surface area (Å²) in [6, 6.07) is 11.8. The molecule has 0 bridgehead atoms. The van der Waals surface area contributed by atoms with E-state index in [0.717, 1.165) is 29.9 Å². The number of ether oxygens (including phenoxy) is 1. The zero-order chi connectivity index (χ0) is 22.9. The Balaban J connectivity index is 1.59. The molecular weight excluding hydrogens is 424 g/mol. The number of nitrogens with zero attached hydrogens (tertiary/aromatic N) is 4. The van der Waals surface area contributed by atoms with Crippen LogP contribution in [0.25, 0.3) is 11.0 Å². The summed E-state index contributed by atoms with van der Waals surface area (Å²) in [4.78, 5) is 7.38. The first kappa shape index (κ1) is 22.9. The smallest absolute Gasteiger partial charge is 0.243 e. The Morgan fingerprint density at radius 3 is 2.50 bits per heavy atom. The summed E-state index contributed by atoms with van der Waals surface area (Å²) in [6.45, 7) is 10.3. The molecule has 0 amide bonds. The van der Waals surface area contributed by atoms with Crippen molar-refractivity contribution in [3.8, 4) is 0 Å². The minimum atomic E-state index is -3.54. The Hall–Kier alpha value is -2.26. The van der Waals surface area contributed by atoms with Gasteiger partial charge in [0.1, 0.15) is 5.82 Å². The highest BCUT2D eigenvalue weighted by Gasteiger charge is 2.27. The molecule has 172 valence electrons. The number of fused-ring (bicyclic) bond motifs is 1. The van der Waals surface area contributed by atoms with Crippen LogP contribution in [0.4, 0.5) is 0 Å². The molecule has 2 heterocycles. The third-order valence-electron chi connectivity index (χ3n) is 6.07. The molecule has 0 unspecified atom stereocenters. The van der Waals surface area contributed by atoms with Crippen molar-refractivity contribution in [1.29, 1.82) is 0 Å². The zero-order valence-corrected chi connectivity index (χ0v) is 20.2. The van der Waals surface area contributed by atoms with Gasteiger partial charge in [-0.15, -0.1) is 0 Å². The van der Waals surface area contributed by atoms with Crippen molar-refractivity contribution < 1.29 is 13.2 Å². The maximum atomic E-state index is 13.1. The lowest BCUT2D eigenvalue weighted by Gasteiger charge is -2.26. The van der Waals surface area contributed by atoms with Gasteiger partial charge in [0.2, 0.25) is 10.0 Å². The standard InChI is InChI=1S/C24H32N4O3S/c1-5-28-23-9-8-21(32(29,30)27-10-12-31-13-11-27)15-22(23)25-24(28)17-26(4)16-20-7-6-18(2)14-19(20)3/h6-9,14-15H,5,10-13,16-17H2,1-4H3. The van der Waals surface area contributed by atoms with Gasteiger partial charge in [-0.1, -0.05) is 23.8 Å². The molecule has 1 fully saturated rings. The molecule has 4 rings (SSSR count). The second kappa shape index (κ2) is 9.31. The second-order valence-corrected chi connectivity index (χ2v) is 10.5. The van der Waals surface area contributed by atoms with Crippen molar-refractivity contribution in [3.05, 3.63) is 58.9 Å². The summed E-state index contributed by atoms with van der Waals surface area (Å²) >= 11 is 0. The molecule has 1 aliphatic heterocycles. The maximum Gasteiger partial charge on any atom is 0.243 e. The summed E-state index contributed by atoms with van der Waals surface area (Å²) in [5.41, 5.74) is 5.54. The van der Waals surface area contributed by atoms with Crippen LogP contribution < -0.4 is 0 Å². The molecule has 0 spiro atoms. The van der Waals surface area contributed by atoms with E-state index in [1.54, 1.807) is 12.1 Å². The monoisotopic (exact) mass is 456 g/mol. The van der Waals surface area contributed by atoms with Gasteiger partial charge in [-0.3, -0.25) is 4.90 Å². The number of benzene rings is 2. The molecule has 3 aromatic rings. The largest absolute Gasteiger partial charge is 0.379 e. The molecule has 0 saturated carbocycles. The lowest BCUT2D eigenvalue weighted by Crippen LogP contribution is -2.40. The van der Waals surface area contributed by atoms with Gasteiger partial charge in [-0.2, -0.15) is 4.31 Å². The van der Waals surface area contributed by atoms with Gasteiger partial charge >= 0.3 is 0 Å². The first-order chi connectivity index (χ1) is 15.3. The zero-order valence-electron chi connectivity index (χ0n) is 19.3. The first-order valence-corrected chi connectivity index (χ1v) is 12.6. The third-order valence-corrected chi connectivity index (χ3v) is 7.97. The molecule has 0 radical (unpaired) electrons. The number of sulfonamides is 1. The van der Waals surface area contributed by atoms with E-state index in [0.29, 0.717) is 37.7 Å². The fraction of sp³-hybridized carbons (Fsp3) is 0.458. The number of hydrogen-bond donors (Lipinski definition) is 0. The SMILES string of the molecule is CCn1c(CN(C)Cc2ccc(C)cc2C)nc2cc(S(=O)(=O)N3CCOCC3)ccc21. The predicted molar refractivity (Wildman–Crippen MR) is 126 cm³/mol. The Labute approximate surface area is 190 Å². The van der Waals surface area contributed by atoms with E-state index in [-0.39, 0.29) is 0 Å². The average Bonchev–Trinajstić information content (AvgIpc) is 3.12. The molecule has 32 heavy (non-hydrogen) atoms. The molecule has 7 nitrogen and oxygen atoms in total. The maximum absolute atomic E-state index is 13.1. The molecular formula is C24H32N4O3S. The van der Waals surface area contributed by atoms with Crippen molar-refractivity contribution in [2.45, 2.75) is 45.3 Å². The van der Waals surface area contributed by atoms with Gasteiger partial charge in [0, 0.05) is 26.2 Å². The van der Waals surface area contributed by atoms with Crippen LogP contribution in [0.5, 0.6) is 0 Å². The summed E-state index contributed by atoms with van der Waals surface area (Å²) in [6.07, 6.45) is 0. The Morgan fingerprint density at radius 2 is 1.81 bits per heavy atom. The van der Waals surface area contributed by atoms with Crippen LogP contribution >= 0.6 is 0 Å². The van der Waals surface area contributed by atoms with Crippen LogP contribution in [0, 0.1) is 13.8 Å². The van der Waals surface area contributed by atoms with Crippen LogP contribution in [0.3, 0.4) is 0 Å². The lowest BCUT2D eigenvalue weighted by molar-refractivity contribution is 0.0730. The summed E-state index contributed by atoms with van der Waals surface area (Å²) in [7, 11) is -1.45. The third kappa shape index (κ3) is 4.59. The average molecular weight is 457 g/mol. The highest BCUT2D eigenvalue weighted by molar-refractivity contribution is 7.89. The molecule has 8 heteroatoms. The highest BCUT2D eigenvalue weighted by Crippen LogP contribution is 2.24. The van der Waals surface area contributed by atoms with Crippen molar-refractivity contribution >= 4 is 21.1 Å². The van der Waals surface area contributed by atoms with Gasteiger partial charge in [0.05, 0.1) is 35.7 Å². The number of morpholine rings is 1. The lowest BCUT2D eigenvalue weighted by atomic mass is 10.1. The Bertz CT molecular complexity index is 1210. The Kier molecular flexibility index (Phi) is 6.67. The van der Waals surface area contributed by atoms with Crippen LogP contribution in [-0.2, 0) is 34.4 Å². The number of hydrogen-bond acceptors (Lipinski definition) is 5. The molecule has 1 aromatic heterocycles. The summed E-state index contributed by atoms with van der Waals surface area (Å²) < 4.78 is 35.1. The van der Waals surface area contributed by atoms with E-state index in [2.05, 4.69) is 55.5 Å². The van der Waals surface area contributed by atoms with Crippen molar-refractivity contribution in [2.75, 3.05) is 33.4 Å². The number of rotatable bonds is 7. The second-order valence-electron chi connectivity index (χ2n) is 8.54. The minimum absolute atomic E-state index is 0.294. The van der Waals surface area contributed by atoms with E-state index in [1.807, 2.05) is 6.07 Å². The van der Waals surface area contributed by atoms with Gasteiger partial charge < -0.3 is 9.30 Å². The van der Waals surface area contributed by atoms with E-state index >= 15 is 0 Å². The normalized spacial score (nSPS) is 15.7. The number of aryl methyl sites for hydroxylation is 3. The summed E-state index contributed by atoms with van der Waals surface area (Å²) in [5.74, 6) is 0.940. The summed E-state index contributed by atoms with van der Waals surface area (Å²) in [5, 5.41) is 0. The van der Waals surface area contributed by atoms with Crippen molar-refractivity contribution in [1.82, 2.24) is 18.8 Å². The molecule has 0 atom stereocenters. The van der Waals surface area contributed by atoms with Gasteiger partial charge in [-0.05, 0) is 57.1 Å². The molecule has 0 N–H and O–H groups in total. The minimum Gasteiger partial charge on any atom is -0.379 e. The van der Waals surface area contributed by atoms with E-state index in [1.165, 1.54) is 21.0 Å². The molecule has 1 aliphatic rings. The first-order valence-electron chi connectivity index (χ1n) is 11.1. The molecule has 0 aliphatic carbocycles. The van der Waals surface area contributed by atoms with Crippen LogP contribution in [0.1, 0.15) is 29.4 Å². The number of imidazole rings is 1. The van der Waals surface area contributed by atoms with Gasteiger partial charge in [-0.25, -0.2) is 13.4 Å². The van der Waals surface area contributed by atoms with Gasteiger partial charge in [0.15, 0.2) is 0 Å².